The zero-order valence-electron chi connectivity index (χ0n) is 28.4. The predicted molar refractivity (Wildman–Crippen MR) is 180 cm³/mol. The zero-order chi connectivity index (χ0) is 32.7. The molecule has 14 atom stereocenters. The van der Waals surface area contributed by atoms with Crippen molar-refractivity contribution in [3.8, 4) is 0 Å². The fraction of sp³-hybridized carbons (Fsp3) is 0.625. The van der Waals surface area contributed by atoms with E-state index in [0.29, 0.717) is 6.42 Å². The minimum atomic E-state index is -0.583. The van der Waals surface area contributed by atoms with Crippen molar-refractivity contribution < 1.29 is 24.1 Å². The van der Waals surface area contributed by atoms with Crippen molar-refractivity contribution in [2.24, 2.45) is 11.3 Å². The number of nitrogens with zero attached hydrogens (tertiary/aromatic N) is 3. The van der Waals surface area contributed by atoms with Crippen molar-refractivity contribution >= 4 is 17.3 Å². The number of fused-ring (bicyclic) bond motifs is 5. The van der Waals surface area contributed by atoms with Gasteiger partial charge >= 0.3 is 5.97 Å². The van der Waals surface area contributed by atoms with E-state index in [4.69, 9.17) is 14.2 Å². The monoisotopic (exact) mass is 660 g/mol. The normalized spacial score (nSPS) is 52.4. The second kappa shape index (κ2) is 7.92. The molecule has 7 saturated heterocycles. The van der Waals surface area contributed by atoms with Gasteiger partial charge in [0.15, 0.2) is 5.72 Å². The van der Waals surface area contributed by atoms with Crippen LogP contribution in [-0.2, 0) is 29.8 Å². The molecule has 14 unspecified atom stereocenters. The van der Waals surface area contributed by atoms with Gasteiger partial charge in [-0.15, -0.1) is 0 Å². The first-order valence-electron chi connectivity index (χ1n) is 18.9. The molecule has 0 amide bonds. The lowest BCUT2D eigenvalue weighted by Gasteiger charge is -2.66. The highest BCUT2D eigenvalue weighted by Crippen LogP contribution is 2.83. The van der Waals surface area contributed by atoms with Crippen LogP contribution in [0.2, 0.25) is 0 Å². The second-order valence-electron chi connectivity index (χ2n) is 17.7. The molecule has 9 aliphatic heterocycles. The van der Waals surface area contributed by atoms with Crippen molar-refractivity contribution in [3.05, 3.63) is 70.9 Å². The Bertz CT molecular complexity index is 1980. The van der Waals surface area contributed by atoms with E-state index in [0.717, 1.165) is 68.7 Å². The highest BCUT2D eigenvalue weighted by molar-refractivity contribution is 5.94. The Balaban J connectivity index is 1.19. The highest BCUT2D eigenvalue weighted by atomic mass is 16.6. The van der Waals surface area contributed by atoms with E-state index < -0.39 is 17.2 Å². The number of para-hydroxylation sites is 2. The number of hydrogen-bond donors (Lipinski definition) is 2. The highest BCUT2D eigenvalue weighted by Gasteiger charge is 2.93. The number of nitrogens with one attached hydrogen (secondary N) is 1. The van der Waals surface area contributed by atoms with Crippen LogP contribution in [0.4, 0.5) is 11.4 Å². The molecule has 13 rings (SSSR count). The van der Waals surface area contributed by atoms with E-state index >= 15 is 0 Å². The molecule has 2 aliphatic carbocycles. The van der Waals surface area contributed by atoms with E-state index in [1.54, 1.807) is 0 Å². The van der Waals surface area contributed by atoms with Crippen molar-refractivity contribution in [1.82, 2.24) is 9.80 Å². The molecule has 2 N–H and O–H groups in total. The molecule has 1 saturated carbocycles. The SMILES string of the molecule is CCC12CC34CC(C(=O)OC)=C5Nc6ccccc6C56CCN3C1C1CC3(C(C)O)C5OC5CN5CCC7(c8ccccc8N(C64)C17O2)C53. The number of esters is 1. The van der Waals surface area contributed by atoms with Gasteiger partial charge in [0.1, 0.15) is 0 Å². The minimum Gasteiger partial charge on any atom is -0.466 e. The van der Waals surface area contributed by atoms with Gasteiger partial charge in [-0.05, 0) is 68.8 Å². The number of piperidine rings is 2. The largest absolute Gasteiger partial charge is 0.466 e. The summed E-state index contributed by atoms with van der Waals surface area (Å²) in [5.74, 6) is -0.0412. The number of carbonyl (C=O) groups excluding carboxylic acids is 1. The molecular formula is C40H44N4O5. The minimum absolute atomic E-state index is 0.0545. The predicted octanol–water partition coefficient (Wildman–Crippen LogP) is 3.66. The number of aliphatic hydroxyl groups is 1. The zero-order valence-corrected chi connectivity index (χ0v) is 28.4. The molecule has 254 valence electrons. The van der Waals surface area contributed by atoms with Crippen molar-refractivity contribution in [2.45, 2.75) is 117 Å². The maximum absolute atomic E-state index is 14.0. The summed E-state index contributed by atoms with van der Waals surface area (Å²) < 4.78 is 20.5. The third-order valence-corrected chi connectivity index (χ3v) is 16.9. The van der Waals surface area contributed by atoms with Gasteiger partial charge in [-0.25, -0.2) is 4.79 Å². The summed E-state index contributed by atoms with van der Waals surface area (Å²) in [6.07, 6.45) is 5.06. The number of ether oxygens (including phenoxy) is 3. The number of rotatable bonds is 3. The van der Waals surface area contributed by atoms with Crippen LogP contribution < -0.4 is 10.2 Å². The maximum atomic E-state index is 14.0. The van der Waals surface area contributed by atoms with Gasteiger partial charge in [-0.2, -0.15) is 0 Å². The molecule has 0 aromatic heterocycles. The van der Waals surface area contributed by atoms with Crippen LogP contribution >= 0.6 is 0 Å². The summed E-state index contributed by atoms with van der Waals surface area (Å²) in [6.45, 7) is 7.29. The lowest BCUT2D eigenvalue weighted by atomic mass is 9.46. The Morgan fingerprint density at radius 3 is 2.73 bits per heavy atom. The van der Waals surface area contributed by atoms with Gasteiger partial charge in [-0.3, -0.25) is 9.80 Å². The topological polar surface area (TPSA) is 90.0 Å². The number of epoxide rings is 1. The smallest absolute Gasteiger partial charge is 0.335 e. The van der Waals surface area contributed by atoms with E-state index in [2.05, 4.69) is 82.4 Å². The molecule has 2 aromatic rings. The summed E-state index contributed by atoms with van der Waals surface area (Å²) in [4.78, 5) is 22.5. The number of anilines is 2. The molecule has 9 nitrogen and oxygen atoms in total. The molecule has 0 radical (unpaired) electrons. The van der Waals surface area contributed by atoms with E-state index in [-0.39, 0.29) is 64.2 Å². The summed E-state index contributed by atoms with van der Waals surface area (Å²) >= 11 is 0. The summed E-state index contributed by atoms with van der Waals surface area (Å²) in [6, 6.07) is 18.5. The average Bonchev–Trinajstić information content (AvgIpc) is 3.36. The van der Waals surface area contributed by atoms with Crippen LogP contribution in [-0.4, -0.2) is 101 Å². The van der Waals surface area contributed by atoms with Crippen LogP contribution in [0.15, 0.2) is 59.8 Å². The van der Waals surface area contributed by atoms with Crippen LogP contribution in [0.1, 0.15) is 63.5 Å². The third-order valence-electron chi connectivity index (χ3n) is 16.9. The standard InChI is InChI=1S/C40H44N4O5/c1-4-36-20-35-17-22(32(46)47-3)29-37(23-9-5-7-11-26(23)41-29)13-16-43(35)30(36)25-18-38(21(2)45)31-28(48-31)19-42-15-14-39(34(38)42)24-10-6-8-12-27(24)44(33(35)37)40(25,39)49-36/h5-12,21,25,28,30-31,33-34,41,45H,4,13-20H2,1-3H3. The molecule has 49 heavy (non-hydrogen) atoms. The number of benzene rings is 2. The summed E-state index contributed by atoms with van der Waals surface area (Å²) in [7, 11) is 1.54. The molecule has 6 bridgehead atoms. The van der Waals surface area contributed by atoms with Crippen molar-refractivity contribution in [1.29, 1.82) is 0 Å². The van der Waals surface area contributed by atoms with Gasteiger partial charge in [0.25, 0.3) is 0 Å². The Morgan fingerprint density at radius 2 is 1.92 bits per heavy atom. The first kappa shape index (κ1) is 27.7. The lowest BCUT2D eigenvalue weighted by Crippen LogP contribution is -2.79. The molecule has 9 heteroatoms. The first-order chi connectivity index (χ1) is 23.8. The van der Waals surface area contributed by atoms with Crippen LogP contribution in [0.3, 0.4) is 0 Å². The Labute approximate surface area is 286 Å². The summed E-state index contributed by atoms with van der Waals surface area (Å²) in [5.41, 5.74) is 4.60. The van der Waals surface area contributed by atoms with Gasteiger partial charge in [0.2, 0.25) is 0 Å². The van der Waals surface area contributed by atoms with E-state index in [9.17, 15) is 9.90 Å². The Hall–Kier alpha value is -2.95. The summed E-state index contributed by atoms with van der Waals surface area (Å²) in [5, 5.41) is 16.1. The molecular weight excluding hydrogens is 616 g/mol. The molecule has 2 aromatic carbocycles. The van der Waals surface area contributed by atoms with E-state index in [1.165, 1.54) is 23.9 Å². The fourth-order valence-corrected chi connectivity index (χ4v) is 16.0. The fourth-order valence-electron chi connectivity index (χ4n) is 16.0. The van der Waals surface area contributed by atoms with Crippen molar-refractivity contribution in [3.63, 3.8) is 0 Å². The molecule has 8 fully saturated rings. The van der Waals surface area contributed by atoms with Gasteiger partial charge in [0.05, 0.1) is 59.0 Å². The van der Waals surface area contributed by atoms with Crippen LogP contribution in [0.5, 0.6) is 0 Å². The van der Waals surface area contributed by atoms with E-state index in [1.807, 2.05) is 0 Å². The second-order valence-corrected chi connectivity index (χ2v) is 17.7. The number of carbonyl (C=O) groups is 1. The molecule has 11 aliphatic rings. The number of hydrogen-bond acceptors (Lipinski definition) is 9. The molecule has 9 heterocycles. The number of aliphatic hydroxyl groups excluding tert-OH is 1. The quantitative estimate of drug-likeness (QED) is 0.379. The van der Waals surface area contributed by atoms with Gasteiger partial charge in [0, 0.05) is 60.0 Å². The van der Waals surface area contributed by atoms with Crippen LogP contribution in [0, 0.1) is 11.3 Å². The first-order valence-corrected chi connectivity index (χ1v) is 18.9. The van der Waals surface area contributed by atoms with Gasteiger partial charge in [-0.1, -0.05) is 43.3 Å². The average molecular weight is 661 g/mol. The van der Waals surface area contributed by atoms with Gasteiger partial charge < -0.3 is 29.5 Å². The molecule has 4 spiro atoms. The van der Waals surface area contributed by atoms with Crippen molar-refractivity contribution in [2.75, 3.05) is 37.0 Å². The lowest BCUT2D eigenvalue weighted by molar-refractivity contribution is -0.208. The Kier molecular flexibility index (Phi) is 4.48. The maximum Gasteiger partial charge on any atom is 0.335 e. The Morgan fingerprint density at radius 1 is 1.10 bits per heavy atom. The third kappa shape index (κ3) is 2.39. The number of methoxy groups -OCH3 is 1. The van der Waals surface area contributed by atoms with Crippen LogP contribution in [0.25, 0.3) is 0 Å².